The summed E-state index contributed by atoms with van der Waals surface area (Å²) in [6, 6.07) is 17.8. The van der Waals surface area contributed by atoms with E-state index in [1.807, 2.05) is 16.7 Å². The van der Waals surface area contributed by atoms with Crippen LogP contribution >= 0.6 is 23.5 Å². The Morgan fingerprint density at radius 2 is 1.23 bits per heavy atom. The van der Waals surface area contributed by atoms with E-state index in [2.05, 4.69) is 29.9 Å². The third-order valence-electron chi connectivity index (χ3n) is 9.28. The lowest BCUT2D eigenvalue weighted by atomic mass is 10.1. The number of methoxy groups -OCH3 is 4. The summed E-state index contributed by atoms with van der Waals surface area (Å²) in [4.78, 5) is 26.3. The number of aromatic amines is 1. The van der Waals surface area contributed by atoms with Gasteiger partial charge < -0.3 is 38.8 Å². The lowest BCUT2D eigenvalue weighted by Crippen LogP contribution is -2.13. The van der Waals surface area contributed by atoms with E-state index in [4.69, 9.17) is 30.1 Å². The molecule has 14 nitrogen and oxygen atoms in total. The molecule has 0 atom stereocenters. The minimum Gasteiger partial charge on any atom is -0.497 e. The SMILES string of the molecule is COc1ccc(OC)c(Sc2nc3c(N)ncnc3n2CCc2cc(F)cc(F)c2)c1.COc1ccc(OC)c(Sc2nc3c([nH]2)c(=N)ncn3CCc2cc(F)cc(F)c2)c1. The first-order valence-electron chi connectivity index (χ1n) is 18.6. The van der Waals surface area contributed by atoms with E-state index >= 15 is 0 Å². The first-order chi connectivity index (χ1) is 29.9. The van der Waals surface area contributed by atoms with Crippen LogP contribution in [0.15, 0.2) is 106 Å². The van der Waals surface area contributed by atoms with Gasteiger partial charge in [0.25, 0.3) is 0 Å². The summed E-state index contributed by atoms with van der Waals surface area (Å²) in [5.74, 6) is 0.443. The van der Waals surface area contributed by atoms with Crippen LogP contribution in [-0.2, 0) is 25.9 Å². The fourth-order valence-corrected chi connectivity index (χ4v) is 8.29. The molecule has 0 unspecified atom stereocenters. The third kappa shape index (κ3) is 10.0. The summed E-state index contributed by atoms with van der Waals surface area (Å²) in [7, 11) is 6.33. The van der Waals surface area contributed by atoms with Gasteiger partial charge in [-0.05, 0) is 108 Å². The monoisotopic (exact) mass is 886 g/mol. The van der Waals surface area contributed by atoms with Gasteiger partial charge in [-0.3, -0.25) is 5.41 Å². The number of hydrogen-bond acceptors (Lipinski definition) is 13. The number of halogens is 4. The van der Waals surface area contributed by atoms with Crippen molar-refractivity contribution in [2.24, 2.45) is 0 Å². The van der Waals surface area contributed by atoms with Crippen molar-refractivity contribution in [2.75, 3.05) is 34.2 Å². The van der Waals surface area contributed by atoms with Crippen molar-refractivity contribution in [2.45, 2.75) is 46.0 Å². The van der Waals surface area contributed by atoms with Gasteiger partial charge in [0.05, 0.1) is 44.6 Å². The highest BCUT2D eigenvalue weighted by atomic mass is 32.2. The Morgan fingerprint density at radius 3 is 1.79 bits per heavy atom. The molecule has 320 valence electrons. The molecular weight excluding hydrogens is 849 g/mol. The molecule has 4 aromatic heterocycles. The van der Waals surface area contributed by atoms with Gasteiger partial charge in [0.2, 0.25) is 0 Å². The highest BCUT2D eigenvalue weighted by molar-refractivity contribution is 7.99. The van der Waals surface area contributed by atoms with Gasteiger partial charge >= 0.3 is 0 Å². The van der Waals surface area contributed by atoms with Crippen LogP contribution in [0.2, 0.25) is 0 Å². The zero-order valence-corrected chi connectivity index (χ0v) is 35.2. The number of anilines is 1. The van der Waals surface area contributed by atoms with Crippen molar-refractivity contribution < 1.29 is 36.5 Å². The van der Waals surface area contributed by atoms with Gasteiger partial charge in [0, 0.05) is 25.2 Å². The van der Waals surface area contributed by atoms with Gasteiger partial charge in [0.15, 0.2) is 38.4 Å². The summed E-state index contributed by atoms with van der Waals surface area (Å²) in [5, 5.41) is 9.24. The van der Waals surface area contributed by atoms with Crippen molar-refractivity contribution in [3.63, 3.8) is 0 Å². The Kier molecular flexibility index (Phi) is 13.5. The zero-order valence-electron chi connectivity index (χ0n) is 33.6. The minimum atomic E-state index is -0.618. The lowest BCUT2D eigenvalue weighted by Gasteiger charge is -2.12. The maximum absolute atomic E-state index is 13.6. The maximum atomic E-state index is 13.6. The topological polar surface area (TPSA) is 177 Å². The molecule has 4 N–H and O–H groups in total. The first kappa shape index (κ1) is 43.3. The Bertz CT molecular complexity index is 2910. The molecule has 8 aromatic rings. The zero-order chi connectivity index (χ0) is 43.9. The standard InChI is InChI=1S/2C21H19F2N5O2S/c1-29-15-3-4-16(30-2)17(10-15)31-21-26-18-19(24)25-11-28(20(18)27-21)6-5-12-7-13(22)9-14(23)8-12;1-29-15-3-4-16(30-2)17(10-15)31-21-27-18-19(24)25-11-26-20(18)28(21)6-5-12-7-13(22)9-14(23)8-12/h3-4,7-11,24H,5-6H2,1-2H3,(H,26,27);3-4,7-11H,5-6H2,1-2H3,(H2,24,25,26). The number of nitrogens with zero attached hydrogens (tertiary/aromatic N) is 7. The molecule has 0 saturated heterocycles. The lowest BCUT2D eigenvalue weighted by molar-refractivity contribution is 0.394. The molecule has 0 saturated carbocycles. The Balaban J connectivity index is 0.000000186. The second kappa shape index (κ2) is 19.3. The number of hydrogen-bond donors (Lipinski definition) is 3. The molecule has 0 bridgehead atoms. The summed E-state index contributed by atoms with van der Waals surface area (Å²) < 4.78 is 79.2. The fourth-order valence-electron chi connectivity index (χ4n) is 6.32. The van der Waals surface area contributed by atoms with Gasteiger partial charge in [0.1, 0.15) is 58.1 Å². The molecule has 0 fully saturated rings. The van der Waals surface area contributed by atoms with E-state index in [0.717, 1.165) is 21.9 Å². The number of imidazole rings is 2. The number of benzene rings is 4. The number of aromatic nitrogens is 8. The van der Waals surface area contributed by atoms with Crippen molar-refractivity contribution >= 4 is 51.7 Å². The van der Waals surface area contributed by atoms with E-state index in [1.54, 1.807) is 57.3 Å². The Morgan fingerprint density at radius 1 is 0.661 bits per heavy atom. The first-order valence-corrected chi connectivity index (χ1v) is 20.2. The third-order valence-corrected chi connectivity index (χ3v) is 11.2. The van der Waals surface area contributed by atoms with Crippen LogP contribution < -0.4 is 30.2 Å². The van der Waals surface area contributed by atoms with E-state index < -0.39 is 23.3 Å². The molecule has 62 heavy (non-hydrogen) atoms. The molecule has 0 aliphatic rings. The van der Waals surface area contributed by atoms with Crippen molar-refractivity contribution in [1.82, 2.24) is 39.0 Å². The molecule has 20 heteroatoms. The number of rotatable bonds is 14. The fraction of sp³-hybridized carbons (Fsp3) is 0.190. The number of ether oxygens (including phenoxy) is 4. The molecular formula is C42H38F4N10O4S2. The summed E-state index contributed by atoms with van der Waals surface area (Å²) in [6.45, 7) is 0.772. The predicted molar refractivity (Wildman–Crippen MR) is 225 cm³/mol. The van der Waals surface area contributed by atoms with Crippen molar-refractivity contribution in [3.05, 3.63) is 125 Å². The predicted octanol–water partition coefficient (Wildman–Crippen LogP) is 8.03. The average Bonchev–Trinajstić information content (AvgIpc) is 3.84. The van der Waals surface area contributed by atoms with E-state index in [0.29, 0.717) is 92.7 Å². The molecule has 0 aliphatic heterocycles. The smallest absolute Gasteiger partial charge is 0.175 e. The van der Waals surface area contributed by atoms with E-state index in [-0.39, 0.29) is 11.3 Å². The van der Waals surface area contributed by atoms with Gasteiger partial charge in [-0.2, -0.15) is 0 Å². The largest absolute Gasteiger partial charge is 0.497 e. The number of fused-ring (bicyclic) bond motifs is 2. The quantitative estimate of drug-likeness (QED) is 0.0898. The number of H-pyrrole nitrogens is 1. The maximum Gasteiger partial charge on any atom is 0.175 e. The van der Waals surface area contributed by atoms with Gasteiger partial charge in [-0.1, -0.05) is 0 Å². The normalized spacial score (nSPS) is 11.1. The average molecular weight is 887 g/mol. The van der Waals surface area contributed by atoms with Crippen LogP contribution in [0, 0.1) is 28.7 Å². The number of nitrogens with one attached hydrogen (secondary N) is 2. The molecule has 0 aliphatic carbocycles. The Labute approximate surface area is 360 Å². The number of nitrogen functional groups attached to an aromatic ring is 1. The minimum absolute atomic E-state index is 0.0556. The van der Waals surface area contributed by atoms with Gasteiger partial charge in [-0.25, -0.2) is 42.5 Å². The highest BCUT2D eigenvalue weighted by Gasteiger charge is 2.19. The van der Waals surface area contributed by atoms with E-state index in [1.165, 1.54) is 60.4 Å². The van der Waals surface area contributed by atoms with Crippen LogP contribution in [0.1, 0.15) is 11.1 Å². The van der Waals surface area contributed by atoms with Crippen LogP contribution in [0.5, 0.6) is 23.0 Å². The van der Waals surface area contributed by atoms with Crippen LogP contribution in [-0.4, -0.2) is 67.5 Å². The van der Waals surface area contributed by atoms with Crippen molar-refractivity contribution in [1.29, 1.82) is 5.41 Å². The second-order valence-electron chi connectivity index (χ2n) is 13.3. The molecule has 4 aromatic carbocycles. The Hall–Kier alpha value is -6.80. The van der Waals surface area contributed by atoms with E-state index in [9.17, 15) is 17.6 Å². The van der Waals surface area contributed by atoms with Crippen LogP contribution in [0.4, 0.5) is 23.4 Å². The molecule has 0 amide bonds. The number of aryl methyl sites for hydroxylation is 4. The summed E-state index contributed by atoms with van der Waals surface area (Å²) in [5.41, 5.74) is 9.10. The van der Waals surface area contributed by atoms with Crippen LogP contribution in [0.3, 0.4) is 0 Å². The van der Waals surface area contributed by atoms with Crippen LogP contribution in [0.25, 0.3) is 22.3 Å². The highest BCUT2D eigenvalue weighted by Crippen LogP contribution is 2.39. The second-order valence-corrected chi connectivity index (χ2v) is 15.3. The molecule has 0 spiro atoms. The molecule has 4 heterocycles. The van der Waals surface area contributed by atoms with Crippen molar-refractivity contribution in [3.8, 4) is 23.0 Å². The van der Waals surface area contributed by atoms with Gasteiger partial charge in [-0.15, -0.1) is 0 Å². The number of nitrogens with two attached hydrogens (primary N) is 1. The molecule has 0 radical (unpaired) electrons. The summed E-state index contributed by atoms with van der Waals surface area (Å²) >= 11 is 2.68. The summed E-state index contributed by atoms with van der Waals surface area (Å²) in [6.07, 6.45) is 3.61. The molecule has 8 rings (SSSR count).